The zero-order chi connectivity index (χ0) is 14.4. The molecule has 0 aliphatic heterocycles. The normalized spacial score (nSPS) is 24.8. The van der Waals surface area contributed by atoms with Crippen LogP contribution in [0.1, 0.15) is 39.5 Å². The molecular weight excluding hydrogens is 248 g/mol. The van der Waals surface area contributed by atoms with Gasteiger partial charge in [-0.2, -0.15) is 0 Å². The minimum atomic E-state index is -1.25. The van der Waals surface area contributed by atoms with E-state index in [2.05, 4.69) is 24.5 Å². The molecule has 6 heteroatoms. The molecule has 6 nitrogen and oxygen atoms in total. The molecule has 0 saturated heterocycles. The number of hydrogen-bond acceptors (Lipinski definition) is 3. The molecule has 0 radical (unpaired) electrons. The van der Waals surface area contributed by atoms with Crippen LogP contribution in [0, 0.1) is 11.8 Å². The van der Waals surface area contributed by atoms with Gasteiger partial charge in [-0.3, -0.25) is 0 Å². The molecular formula is C13H24N2O4. The number of aliphatic hydroxyl groups is 1. The molecule has 2 unspecified atom stereocenters. The van der Waals surface area contributed by atoms with Crippen molar-refractivity contribution in [1.82, 2.24) is 10.6 Å². The predicted molar refractivity (Wildman–Crippen MR) is 70.8 cm³/mol. The molecule has 0 heterocycles. The van der Waals surface area contributed by atoms with Crippen molar-refractivity contribution in [3.63, 3.8) is 0 Å². The quantitative estimate of drug-likeness (QED) is 0.598. The Hall–Kier alpha value is -1.30. The Morgan fingerprint density at radius 3 is 2.42 bits per heavy atom. The lowest BCUT2D eigenvalue weighted by Gasteiger charge is -2.35. The molecule has 0 aromatic rings. The van der Waals surface area contributed by atoms with Gasteiger partial charge >= 0.3 is 12.0 Å². The molecule has 19 heavy (non-hydrogen) atoms. The van der Waals surface area contributed by atoms with Crippen molar-refractivity contribution in [2.45, 2.75) is 51.6 Å². The van der Waals surface area contributed by atoms with Gasteiger partial charge in [0, 0.05) is 6.04 Å². The molecule has 1 saturated carbocycles. The van der Waals surface area contributed by atoms with Crippen molar-refractivity contribution in [2.24, 2.45) is 11.8 Å². The van der Waals surface area contributed by atoms with Crippen LogP contribution in [0.2, 0.25) is 0 Å². The number of aliphatic carboxylic acids is 1. The van der Waals surface area contributed by atoms with E-state index in [1.165, 1.54) is 6.42 Å². The second-order valence-corrected chi connectivity index (χ2v) is 5.49. The number of carboxylic acids is 1. The molecule has 0 spiro atoms. The largest absolute Gasteiger partial charge is 0.480 e. The van der Waals surface area contributed by atoms with E-state index in [9.17, 15) is 9.59 Å². The van der Waals surface area contributed by atoms with E-state index in [1.807, 2.05) is 0 Å². The van der Waals surface area contributed by atoms with Gasteiger partial charge in [-0.15, -0.1) is 0 Å². The summed E-state index contributed by atoms with van der Waals surface area (Å²) in [5.41, 5.74) is 0. The third-order valence-corrected chi connectivity index (χ3v) is 3.78. The SMILES string of the molecule is CC(C)C1CCCCC1NC(=O)N[C@H](CO)C(=O)O. The average molecular weight is 272 g/mol. The zero-order valence-electron chi connectivity index (χ0n) is 11.6. The number of aliphatic hydroxyl groups excluding tert-OH is 1. The Kier molecular flexibility index (Phi) is 6.08. The van der Waals surface area contributed by atoms with E-state index >= 15 is 0 Å². The highest BCUT2D eigenvalue weighted by Gasteiger charge is 2.29. The van der Waals surface area contributed by atoms with Crippen molar-refractivity contribution in [3.8, 4) is 0 Å². The summed E-state index contributed by atoms with van der Waals surface area (Å²) < 4.78 is 0. The summed E-state index contributed by atoms with van der Waals surface area (Å²) in [5, 5.41) is 22.8. The number of amides is 2. The lowest BCUT2D eigenvalue weighted by Crippen LogP contribution is -2.53. The predicted octanol–water partition coefficient (Wildman–Crippen LogP) is 0.946. The monoisotopic (exact) mass is 272 g/mol. The third kappa shape index (κ3) is 4.70. The first-order valence-electron chi connectivity index (χ1n) is 6.86. The lowest BCUT2D eigenvalue weighted by atomic mass is 9.78. The number of carbonyl (C=O) groups is 2. The van der Waals surface area contributed by atoms with Crippen molar-refractivity contribution < 1.29 is 19.8 Å². The number of urea groups is 1. The lowest BCUT2D eigenvalue weighted by molar-refractivity contribution is -0.140. The van der Waals surface area contributed by atoms with E-state index in [-0.39, 0.29) is 6.04 Å². The zero-order valence-corrected chi connectivity index (χ0v) is 11.6. The van der Waals surface area contributed by atoms with Crippen molar-refractivity contribution in [2.75, 3.05) is 6.61 Å². The summed E-state index contributed by atoms with van der Waals surface area (Å²) in [6.07, 6.45) is 4.27. The molecule has 110 valence electrons. The molecule has 1 fully saturated rings. The number of hydrogen-bond donors (Lipinski definition) is 4. The fraction of sp³-hybridized carbons (Fsp3) is 0.846. The summed E-state index contributed by atoms with van der Waals surface area (Å²) in [5.74, 6) is -0.322. The first-order chi connectivity index (χ1) is 8.95. The van der Waals surface area contributed by atoms with Crippen LogP contribution in [0.15, 0.2) is 0 Å². The summed E-state index contributed by atoms with van der Waals surface area (Å²) in [7, 11) is 0. The fourth-order valence-corrected chi connectivity index (χ4v) is 2.69. The third-order valence-electron chi connectivity index (χ3n) is 3.78. The second-order valence-electron chi connectivity index (χ2n) is 5.49. The van der Waals surface area contributed by atoms with Crippen LogP contribution in [0.3, 0.4) is 0 Å². The Morgan fingerprint density at radius 1 is 1.26 bits per heavy atom. The molecule has 0 aromatic heterocycles. The maximum absolute atomic E-state index is 11.8. The van der Waals surface area contributed by atoms with E-state index < -0.39 is 24.6 Å². The maximum atomic E-state index is 11.8. The molecule has 1 aliphatic carbocycles. The first kappa shape index (κ1) is 15.8. The maximum Gasteiger partial charge on any atom is 0.328 e. The van der Waals surface area contributed by atoms with Gasteiger partial charge in [0.1, 0.15) is 0 Å². The summed E-state index contributed by atoms with van der Waals surface area (Å²) in [6, 6.07) is -1.68. The van der Waals surface area contributed by atoms with Crippen LogP contribution in [0.25, 0.3) is 0 Å². The first-order valence-corrected chi connectivity index (χ1v) is 6.86. The number of carboxylic acid groups (broad SMARTS) is 1. The highest BCUT2D eigenvalue weighted by atomic mass is 16.4. The average Bonchev–Trinajstić information content (AvgIpc) is 2.35. The van der Waals surface area contributed by atoms with Crippen LogP contribution in [-0.4, -0.2) is 40.9 Å². The highest BCUT2D eigenvalue weighted by Crippen LogP contribution is 2.30. The van der Waals surface area contributed by atoms with Crippen molar-refractivity contribution in [3.05, 3.63) is 0 Å². The Labute approximate surface area is 113 Å². The van der Waals surface area contributed by atoms with E-state index in [0.29, 0.717) is 11.8 Å². The number of nitrogens with one attached hydrogen (secondary N) is 2. The number of rotatable bonds is 5. The summed E-state index contributed by atoms with van der Waals surface area (Å²) >= 11 is 0. The van der Waals surface area contributed by atoms with Crippen molar-refractivity contribution in [1.29, 1.82) is 0 Å². The van der Waals surface area contributed by atoms with Crippen LogP contribution >= 0.6 is 0 Å². The van der Waals surface area contributed by atoms with Crippen LogP contribution < -0.4 is 10.6 Å². The Bertz CT molecular complexity index is 320. The second kappa shape index (κ2) is 7.33. The number of carbonyl (C=O) groups excluding carboxylic acids is 1. The molecule has 2 amide bonds. The van der Waals surface area contributed by atoms with Crippen LogP contribution in [-0.2, 0) is 4.79 Å². The van der Waals surface area contributed by atoms with Gasteiger partial charge in [-0.25, -0.2) is 9.59 Å². The Balaban J connectivity index is 2.52. The van der Waals surface area contributed by atoms with Gasteiger partial charge in [0.2, 0.25) is 0 Å². The van der Waals surface area contributed by atoms with Gasteiger partial charge in [0.25, 0.3) is 0 Å². The fourth-order valence-electron chi connectivity index (χ4n) is 2.69. The van der Waals surface area contributed by atoms with E-state index in [0.717, 1.165) is 19.3 Å². The van der Waals surface area contributed by atoms with E-state index in [4.69, 9.17) is 10.2 Å². The summed E-state index contributed by atoms with van der Waals surface area (Å²) in [4.78, 5) is 22.5. The molecule has 0 aromatic carbocycles. The summed E-state index contributed by atoms with van der Waals surface area (Å²) in [6.45, 7) is 3.66. The van der Waals surface area contributed by atoms with E-state index in [1.54, 1.807) is 0 Å². The Morgan fingerprint density at radius 2 is 1.89 bits per heavy atom. The van der Waals surface area contributed by atoms with Gasteiger partial charge in [0.15, 0.2) is 6.04 Å². The van der Waals surface area contributed by atoms with Crippen LogP contribution in [0.5, 0.6) is 0 Å². The van der Waals surface area contributed by atoms with Gasteiger partial charge in [0.05, 0.1) is 6.61 Å². The minimum absolute atomic E-state index is 0.0851. The molecule has 1 aliphatic rings. The molecule has 4 N–H and O–H groups in total. The smallest absolute Gasteiger partial charge is 0.328 e. The van der Waals surface area contributed by atoms with Gasteiger partial charge in [-0.05, 0) is 24.7 Å². The highest BCUT2D eigenvalue weighted by molar-refractivity contribution is 5.82. The van der Waals surface area contributed by atoms with Crippen LogP contribution in [0.4, 0.5) is 4.79 Å². The topological polar surface area (TPSA) is 98.7 Å². The van der Waals surface area contributed by atoms with Gasteiger partial charge in [-0.1, -0.05) is 26.7 Å². The van der Waals surface area contributed by atoms with Crippen molar-refractivity contribution >= 4 is 12.0 Å². The molecule has 1 rings (SSSR count). The molecule has 3 atom stereocenters. The van der Waals surface area contributed by atoms with Gasteiger partial charge < -0.3 is 20.8 Å². The standard InChI is InChI=1S/C13H24N2O4/c1-8(2)9-5-3-4-6-10(9)14-13(19)15-11(7-16)12(17)18/h8-11,16H,3-7H2,1-2H3,(H,17,18)(H2,14,15,19)/t9?,10?,11-/m1/s1. The molecule has 0 bridgehead atoms. The minimum Gasteiger partial charge on any atom is -0.480 e.